The Labute approximate surface area is 113 Å². The predicted octanol–water partition coefficient (Wildman–Crippen LogP) is 3.31. The van der Waals surface area contributed by atoms with Crippen molar-refractivity contribution in [2.24, 2.45) is 0 Å². The predicted molar refractivity (Wildman–Crippen MR) is 79.9 cm³/mol. The van der Waals surface area contributed by atoms with Crippen LogP contribution in [0.5, 0.6) is 0 Å². The molecular formula is C16H18N2O. The summed E-state index contributed by atoms with van der Waals surface area (Å²) in [7, 11) is 3.86. The number of amides is 1. The Hall–Kier alpha value is -2.29. The first-order chi connectivity index (χ1) is 9.08. The smallest absolute Gasteiger partial charge is 0.257 e. The maximum Gasteiger partial charge on any atom is 0.257 e. The van der Waals surface area contributed by atoms with Gasteiger partial charge in [0.25, 0.3) is 5.91 Å². The van der Waals surface area contributed by atoms with E-state index in [1.807, 2.05) is 74.4 Å². The van der Waals surface area contributed by atoms with Crippen LogP contribution in [0.25, 0.3) is 0 Å². The lowest BCUT2D eigenvalue weighted by Gasteiger charge is -2.16. The first-order valence-electron chi connectivity index (χ1n) is 6.22. The molecule has 0 radical (unpaired) electrons. The molecule has 0 atom stereocenters. The molecule has 1 N–H and O–H groups in total. The minimum absolute atomic E-state index is 0.0897. The van der Waals surface area contributed by atoms with Gasteiger partial charge < -0.3 is 10.2 Å². The van der Waals surface area contributed by atoms with E-state index in [1.54, 1.807) is 0 Å². The van der Waals surface area contributed by atoms with Crippen LogP contribution in [0.1, 0.15) is 15.9 Å². The maximum absolute atomic E-state index is 12.3. The summed E-state index contributed by atoms with van der Waals surface area (Å²) in [5, 5.41) is 2.92. The van der Waals surface area contributed by atoms with Gasteiger partial charge in [-0.05, 0) is 31.2 Å². The number of nitrogens with zero attached hydrogens (tertiary/aromatic N) is 1. The first kappa shape index (κ1) is 13.1. The van der Waals surface area contributed by atoms with E-state index < -0.39 is 0 Å². The standard InChI is InChI=1S/C16H18N2O/c1-12-8-10-13(11-9-12)17-16(19)14-6-4-5-7-15(14)18(2)3/h4-11H,1-3H3,(H,17,19). The highest BCUT2D eigenvalue weighted by Crippen LogP contribution is 2.19. The molecule has 0 fully saturated rings. The molecular weight excluding hydrogens is 236 g/mol. The van der Waals surface area contributed by atoms with Crippen LogP contribution in [-0.4, -0.2) is 20.0 Å². The van der Waals surface area contributed by atoms with Gasteiger partial charge in [-0.2, -0.15) is 0 Å². The minimum atomic E-state index is -0.0897. The zero-order chi connectivity index (χ0) is 13.8. The van der Waals surface area contributed by atoms with E-state index >= 15 is 0 Å². The van der Waals surface area contributed by atoms with Gasteiger partial charge in [-0.1, -0.05) is 29.8 Å². The van der Waals surface area contributed by atoms with Gasteiger partial charge in [-0.25, -0.2) is 0 Å². The van der Waals surface area contributed by atoms with Crippen molar-refractivity contribution < 1.29 is 4.79 Å². The molecule has 3 nitrogen and oxygen atoms in total. The monoisotopic (exact) mass is 254 g/mol. The van der Waals surface area contributed by atoms with E-state index in [0.717, 1.165) is 11.4 Å². The second kappa shape index (κ2) is 5.57. The van der Waals surface area contributed by atoms with Crippen molar-refractivity contribution in [3.05, 3.63) is 59.7 Å². The Morgan fingerprint density at radius 2 is 1.63 bits per heavy atom. The molecule has 0 bridgehead atoms. The van der Waals surface area contributed by atoms with Crippen LogP contribution >= 0.6 is 0 Å². The fraction of sp³-hybridized carbons (Fsp3) is 0.188. The van der Waals surface area contributed by atoms with E-state index in [1.165, 1.54) is 5.56 Å². The highest BCUT2D eigenvalue weighted by Gasteiger charge is 2.12. The summed E-state index contributed by atoms with van der Waals surface area (Å²) in [5.41, 5.74) is 3.57. The molecule has 0 unspecified atom stereocenters. The number of rotatable bonds is 3. The summed E-state index contributed by atoms with van der Waals surface area (Å²) in [6, 6.07) is 15.3. The maximum atomic E-state index is 12.3. The molecule has 0 aromatic heterocycles. The Bertz CT molecular complexity index is 574. The van der Waals surface area contributed by atoms with Gasteiger partial charge in [0.2, 0.25) is 0 Å². The van der Waals surface area contributed by atoms with Crippen LogP contribution in [0.4, 0.5) is 11.4 Å². The Morgan fingerprint density at radius 1 is 1.00 bits per heavy atom. The van der Waals surface area contributed by atoms with Crippen LogP contribution in [0.2, 0.25) is 0 Å². The normalized spacial score (nSPS) is 10.1. The molecule has 98 valence electrons. The molecule has 2 aromatic carbocycles. The molecule has 0 aliphatic heterocycles. The topological polar surface area (TPSA) is 32.3 Å². The summed E-state index contributed by atoms with van der Waals surface area (Å²) < 4.78 is 0. The number of aryl methyl sites for hydroxylation is 1. The highest BCUT2D eigenvalue weighted by molar-refractivity contribution is 6.08. The second-order valence-electron chi connectivity index (χ2n) is 4.73. The number of carbonyl (C=O) groups is 1. The van der Waals surface area contributed by atoms with E-state index in [2.05, 4.69) is 5.32 Å². The van der Waals surface area contributed by atoms with Crippen molar-refractivity contribution in [2.45, 2.75) is 6.92 Å². The molecule has 19 heavy (non-hydrogen) atoms. The number of para-hydroxylation sites is 1. The lowest BCUT2D eigenvalue weighted by Crippen LogP contribution is -2.18. The number of benzene rings is 2. The van der Waals surface area contributed by atoms with Crippen molar-refractivity contribution in [3.63, 3.8) is 0 Å². The van der Waals surface area contributed by atoms with Gasteiger partial charge in [-0.3, -0.25) is 4.79 Å². The van der Waals surface area contributed by atoms with Gasteiger partial charge in [0.15, 0.2) is 0 Å². The van der Waals surface area contributed by atoms with Crippen molar-refractivity contribution >= 4 is 17.3 Å². The van der Waals surface area contributed by atoms with E-state index in [0.29, 0.717) is 5.56 Å². The van der Waals surface area contributed by atoms with Gasteiger partial charge in [-0.15, -0.1) is 0 Å². The van der Waals surface area contributed by atoms with Crippen molar-refractivity contribution in [1.29, 1.82) is 0 Å². The molecule has 3 heteroatoms. The number of anilines is 2. The summed E-state index contributed by atoms with van der Waals surface area (Å²) in [6.45, 7) is 2.02. The van der Waals surface area contributed by atoms with Crippen molar-refractivity contribution in [2.75, 3.05) is 24.3 Å². The third kappa shape index (κ3) is 3.13. The van der Waals surface area contributed by atoms with Gasteiger partial charge in [0.05, 0.1) is 5.56 Å². The number of nitrogens with one attached hydrogen (secondary N) is 1. The fourth-order valence-corrected chi connectivity index (χ4v) is 1.89. The third-order valence-electron chi connectivity index (χ3n) is 2.94. The van der Waals surface area contributed by atoms with E-state index in [4.69, 9.17) is 0 Å². The lowest BCUT2D eigenvalue weighted by atomic mass is 10.1. The number of hydrogen-bond donors (Lipinski definition) is 1. The molecule has 2 aromatic rings. The molecule has 1 amide bonds. The minimum Gasteiger partial charge on any atom is -0.377 e. The first-order valence-corrected chi connectivity index (χ1v) is 6.22. The Balaban J connectivity index is 2.23. The third-order valence-corrected chi connectivity index (χ3v) is 2.94. The zero-order valence-electron chi connectivity index (χ0n) is 11.5. The van der Waals surface area contributed by atoms with Crippen molar-refractivity contribution in [3.8, 4) is 0 Å². The van der Waals surface area contributed by atoms with E-state index in [9.17, 15) is 4.79 Å². The number of hydrogen-bond acceptors (Lipinski definition) is 2. The lowest BCUT2D eigenvalue weighted by molar-refractivity contribution is 0.102. The zero-order valence-corrected chi connectivity index (χ0v) is 11.5. The quantitative estimate of drug-likeness (QED) is 0.911. The largest absolute Gasteiger partial charge is 0.377 e. The van der Waals surface area contributed by atoms with Gasteiger partial charge in [0.1, 0.15) is 0 Å². The molecule has 0 aliphatic rings. The molecule has 0 spiro atoms. The molecule has 2 rings (SSSR count). The molecule has 0 saturated carbocycles. The summed E-state index contributed by atoms with van der Waals surface area (Å²) in [5.74, 6) is -0.0897. The second-order valence-corrected chi connectivity index (χ2v) is 4.73. The van der Waals surface area contributed by atoms with Crippen LogP contribution in [-0.2, 0) is 0 Å². The molecule has 0 heterocycles. The summed E-state index contributed by atoms with van der Waals surface area (Å²) in [6.07, 6.45) is 0. The summed E-state index contributed by atoms with van der Waals surface area (Å²) >= 11 is 0. The highest BCUT2D eigenvalue weighted by atomic mass is 16.1. The molecule has 0 aliphatic carbocycles. The molecule has 0 saturated heterocycles. The van der Waals surface area contributed by atoms with Crippen LogP contribution in [0, 0.1) is 6.92 Å². The number of carbonyl (C=O) groups excluding carboxylic acids is 1. The van der Waals surface area contributed by atoms with Crippen LogP contribution < -0.4 is 10.2 Å². The Morgan fingerprint density at radius 3 is 2.26 bits per heavy atom. The SMILES string of the molecule is Cc1ccc(NC(=O)c2ccccc2N(C)C)cc1. The average molecular weight is 254 g/mol. The Kier molecular flexibility index (Phi) is 3.85. The van der Waals surface area contributed by atoms with E-state index in [-0.39, 0.29) is 5.91 Å². The van der Waals surface area contributed by atoms with Crippen LogP contribution in [0.3, 0.4) is 0 Å². The van der Waals surface area contributed by atoms with Gasteiger partial charge >= 0.3 is 0 Å². The van der Waals surface area contributed by atoms with Crippen molar-refractivity contribution in [1.82, 2.24) is 0 Å². The van der Waals surface area contributed by atoms with Gasteiger partial charge in [0, 0.05) is 25.5 Å². The summed E-state index contributed by atoms with van der Waals surface area (Å²) in [4.78, 5) is 14.2. The van der Waals surface area contributed by atoms with Crippen LogP contribution in [0.15, 0.2) is 48.5 Å². The fourth-order valence-electron chi connectivity index (χ4n) is 1.89. The average Bonchev–Trinajstić information content (AvgIpc) is 2.41.